The summed E-state index contributed by atoms with van der Waals surface area (Å²) in [6, 6.07) is 7.89. The van der Waals surface area contributed by atoms with Crippen LogP contribution in [0.4, 0.5) is 0 Å². The van der Waals surface area contributed by atoms with Crippen molar-refractivity contribution in [2.75, 3.05) is 20.1 Å². The summed E-state index contributed by atoms with van der Waals surface area (Å²) in [6.45, 7) is 3.62. The zero-order valence-corrected chi connectivity index (χ0v) is 12.6. The Kier molecular flexibility index (Phi) is 5.26. The molecule has 2 aliphatic rings. The molecule has 1 aliphatic carbocycles. The number of benzene rings is 1. The van der Waals surface area contributed by atoms with Gasteiger partial charge < -0.3 is 5.32 Å². The molecule has 3 rings (SSSR count). The quantitative estimate of drug-likeness (QED) is 0.916. The monoisotopic (exact) mass is 280 g/mol. The van der Waals surface area contributed by atoms with Crippen LogP contribution >= 0.6 is 12.4 Å². The second kappa shape index (κ2) is 6.74. The maximum absolute atomic E-state index is 3.40. The Labute approximate surface area is 123 Å². The molecule has 0 bridgehead atoms. The largest absolute Gasteiger partial charge is 0.317 e. The molecule has 1 fully saturated rings. The summed E-state index contributed by atoms with van der Waals surface area (Å²) in [4.78, 5) is 2.60. The molecule has 1 aromatic rings. The van der Waals surface area contributed by atoms with Crippen LogP contribution in [0.1, 0.15) is 36.0 Å². The van der Waals surface area contributed by atoms with Gasteiger partial charge in [-0.1, -0.05) is 18.2 Å². The van der Waals surface area contributed by atoms with Gasteiger partial charge in [0.1, 0.15) is 0 Å². The minimum atomic E-state index is 0. The smallest absolute Gasteiger partial charge is 0.0233 e. The Morgan fingerprint density at radius 1 is 1.16 bits per heavy atom. The SMILES string of the molecule is CNC1CCN(Cc2ccc3c(c2)CCC3)CC1.Cl. The number of likely N-dealkylation sites (tertiary alicyclic amines) is 1. The number of hydrogen-bond acceptors (Lipinski definition) is 2. The van der Waals surface area contributed by atoms with Gasteiger partial charge >= 0.3 is 0 Å². The lowest BCUT2D eigenvalue weighted by molar-refractivity contribution is 0.194. The van der Waals surface area contributed by atoms with Gasteiger partial charge in [0, 0.05) is 12.6 Å². The number of hydrogen-bond donors (Lipinski definition) is 1. The van der Waals surface area contributed by atoms with Crippen molar-refractivity contribution in [1.29, 1.82) is 0 Å². The second-order valence-electron chi connectivity index (χ2n) is 5.80. The molecule has 0 amide bonds. The van der Waals surface area contributed by atoms with E-state index in [1.165, 1.54) is 50.8 Å². The molecule has 0 aromatic heterocycles. The van der Waals surface area contributed by atoms with Gasteiger partial charge in [-0.3, -0.25) is 4.90 Å². The van der Waals surface area contributed by atoms with E-state index in [2.05, 4.69) is 35.5 Å². The highest BCUT2D eigenvalue weighted by Crippen LogP contribution is 2.24. The van der Waals surface area contributed by atoms with Gasteiger partial charge in [-0.05, 0) is 68.9 Å². The third-order valence-corrected chi connectivity index (χ3v) is 4.56. The Hall–Kier alpha value is -0.570. The molecule has 0 radical (unpaired) electrons. The number of piperidine rings is 1. The van der Waals surface area contributed by atoms with Gasteiger partial charge in [0.15, 0.2) is 0 Å². The van der Waals surface area contributed by atoms with Crippen LogP contribution in [0, 0.1) is 0 Å². The summed E-state index contributed by atoms with van der Waals surface area (Å²) in [5.74, 6) is 0. The molecule has 1 aromatic carbocycles. The Morgan fingerprint density at radius 2 is 1.89 bits per heavy atom. The number of fused-ring (bicyclic) bond motifs is 1. The normalized spacial score (nSPS) is 20.1. The van der Waals surface area contributed by atoms with Gasteiger partial charge in [0.05, 0.1) is 0 Å². The molecule has 0 saturated carbocycles. The summed E-state index contributed by atoms with van der Waals surface area (Å²) >= 11 is 0. The summed E-state index contributed by atoms with van der Waals surface area (Å²) in [5, 5.41) is 3.40. The molecular weight excluding hydrogens is 256 g/mol. The van der Waals surface area contributed by atoms with Crippen molar-refractivity contribution < 1.29 is 0 Å². The zero-order chi connectivity index (χ0) is 12.4. The van der Waals surface area contributed by atoms with Crippen LogP contribution in [-0.4, -0.2) is 31.1 Å². The molecular formula is C16H25ClN2. The topological polar surface area (TPSA) is 15.3 Å². The third-order valence-electron chi connectivity index (χ3n) is 4.56. The highest BCUT2D eigenvalue weighted by Gasteiger charge is 2.18. The van der Waals surface area contributed by atoms with Crippen molar-refractivity contribution in [3.05, 3.63) is 34.9 Å². The van der Waals surface area contributed by atoms with Gasteiger partial charge in [-0.15, -0.1) is 12.4 Å². The van der Waals surface area contributed by atoms with Crippen molar-refractivity contribution in [3.8, 4) is 0 Å². The average Bonchev–Trinajstić information content (AvgIpc) is 2.87. The Bertz CT molecular complexity index is 411. The molecule has 3 heteroatoms. The minimum absolute atomic E-state index is 0. The number of rotatable bonds is 3. The first-order valence-corrected chi connectivity index (χ1v) is 7.35. The van der Waals surface area contributed by atoms with Gasteiger partial charge in [0.2, 0.25) is 0 Å². The van der Waals surface area contributed by atoms with Crippen molar-refractivity contribution in [2.24, 2.45) is 0 Å². The van der Waals surface area contributed by atoms with E-state index in [-0.39, 0.29) is 12.4 Å². The molecule has 0 spiro atoms. The molecule has 1 aliphatic heterocycles. The maximum Gasteiger partial charge on any atom is 0.0233 e. The minimum Gasteiger partial charge on any atom is -0.317 e. The van der Waals surface area contributed by atoms with E-state index < -0.39 is 0 Å². The zero-order valence-electron chi connectivity index (χ0n) is 11.8. The van der Waals surface area contributed by atoms with E-state index in [9.17, 15) is 0 Å². The molecule has 1 heterocycles. The third kappa shape index (κ3) is 3.50. The Morgan fingerprint density at radius 3 is 2.63 bits per heavy atom. The summed E-state index contributed by atoms with van der Waals surface area (Å²) in [7, 11) is 2.08. The second-order valence-corrected chi connectivity index (χ2v) is 5.80. The number of nitrogens with one attached hydrogen (secondary N) is 1. The van der Waals surface area contributed by atoms with Crippen LogP contribution in [-0.2, 0) is 19.4 Å². The lowest BCUT2D eigenvalue weighted by Crippen LogP contribution is -2.40. The summed E-state index contributed by atoms with van der Waals surface area (Å²) in [6.07, 6.45) is 6.53. The van der Waals surface area contributed by atoms with E-state index in [0.29, 0.717) is 0 Å². The fraction of sp³-hybridized carbons (Fsp3) is 0.625. The van der Waals surface area contributed by atoms with Crippen molar-refractivity contribution in [2.45, 2.75) is 44.7 Å². The van der Waals surface area contributed by atoms with Crippen LogP contribution in [0.2, 0.25) is 0 Å². The predicted octanol–water partition coefficient (Wildman–Crippen LogP) is 2.78. The molecule has 1 saturated heterocycles. The lowest BCUT2D eigenvalue weighted by atomic mass is 10.0. The number of halogens is 1. The first-order valence-electron chi connectivity index (χ1n) is 7.35. The molecule has 0 atom stereocenters. The maximum atomic E-state index is 3.40. The molecule has 2 nitrogen and oxygen atoms in total. The standard InChI is InChI=1S/C16H24N2.ClH/c1-17-16-7-9-18(10-8-16)12-13-5-6-14-3-2-4-15(14)11-13;/h5-6,11,16-17H,2-4,7-10,12H2,1H3;1H. The lowest BCUT2D eigenvalue weighted by Gasteiger charge is -2.31. The molecule has 0 unspecified atom stereocenters. The molecule has 106 valence electrons. The van der Waals surface area contributed by atoms with Crippen LogP contribution in [0.5, 0.6) is 0 Å². The Balaban J connectivity index is 0.00000133. The van der Waals surface area contributed by atoms with E-state index in [1.54, 1.807) is 11.1 Å². The predicted molar refractivity (Wildman–Crippen MR) is 83.1 cm³/mol. The van der Waals surface area contributed by atoms with E-state index in [1.807, 2.05) is 0 Å². The number of aryl methyl sites for hydroxylation is 2. The fourth-order valence-electron chi connectivity index (χ4n) is 3.36. The summed E-state index contributed by atoms with van der Waals surface area (Å²) in [5.41, 5.74) is 4.71. The first kappa shape index (κ1) is 14.8. The van der Waals surface area contributed by atoms with Crippen molar-refractivity contribution in [1.82, 2.24) is 10.2 Å². The van der Waals surface area contributed by atoms with E-state index >= 15 is 0 Å². The van der Waals surface area contributed by atoms with Crippen LogP contribution in [0.15, 0.2) is 18.2 Å². The van der Waals surface area contributed by atoms with E-state index in [0.717, 1.165) is 12.6 Å². The van der Waals surface area contributed by atoms with Gasteiger partial charge in [0.25, 0.3) is 0 Å². The fourth-order valence-corrected chi connectivity index (χ4v) is 3.36. The average molecular weight is 281 g/mol. The van der Waals surface area contributed by atoms with Crippen LogP contribution in [0.3, 0.4) is 0 Å². The van der Waals surface area contributed by atoms with Crippen molar-refractivity contribution >= 4 is 12.4 Å². The summed E-state index contributed by atoms with van der Waals surface area (Å²) < 4.78 is 0. The van der Waals surface area contributed by atoms with Crippen LogP contribution in [0.25, 0.3) is 0 Å². The van der Waals surface area contributed by atoms with E-state index in [4.69, 9.17) is 0 Å². The molecule has 19 heavy (non-hydrogen) atoms. The highest BCUT2D eigenvalue weighted by molar-refractivity contribution is 5.85. The van der Waals surface area contributed by atoms with Gasteiger partial charge in [-0.2, -0.15) is 0 Å². The molecule has 1 N–H and O–H groups in total. The highest BCUT2D eigenvalue weighted by atomic mass is 35.5. The van der Waals surface area contributed by atoms with Crippen molar-refractivity contribution in [3.63, 3.8) is 0 Å². The first-order chi connectivity index (χ1) is 8.85. The van der Waals surface area contributed by atoms with Gasteiger partial charge in [-0.25, -0.2) is 0 Å². The van der Waals surface area contributed by atoms with Crippen LogP contribution < -0.4 is 5.32 Å². The number of nitrogens with zero attached hydrogens (tertiary/aromatic N) is 1.